The minimum Gasteiger partial charge on any atom is -0.319 e. The Morgan fingerprint density at radius 1 is 1.00 bits per heavy atom. The highest BCUT2D eigenvalue weighted by Gasteiger charge is 2.11. The number of Topliss-reactive ketones (excluding diaryl/α,β-unsaturated/α-hetero) is 1. The fourth-order valence-electron chi connectivity index (χ4n) is 2.29. The van der Waals surface area contributed by atoms with Crippen molar-refractivity contribution in [1.82, 2.24) is 5.32 Å². The third-order valence-electron chi connectivity index (χ3n) is 3.72. The molecule has 26 heavy (non-hydrogen) atoms. The van der Waals surface area contributed by atoms with E-state index in [0.717, 1.165) is 18.4 Å². The number of allylic oxidation sites excluding steroid dienone is 1. The number of benzene rings is 2. The van der Waals surface area contributed by atoms with Gasteiger partial charge < -0.3 is 5.32 Å². The topological polar surface area (TPSA) is 46.2 Å². The molecule has 2 rings (SSSR count). The minimum absolute atomic E-state index is 0.141. The molecule has 1 N–H and O–H groups in total. The lowest BCUT2D eigenvalue weighted by molar-refractivity contribution is -0.120. The van der Waals surface area contributed by atoms with Crippen molar-refractivity contribution in [3.63, 3.8) is 0 Å². The van der Waals surface area contributed by atoms with Gasteiger partial charge in [-0.25, -0.2) is 4.39 Å². The molecule has 0 fully saturated rings. The number of hydrogen-bond acceptors (Lipinski definition) is 2. The van der Waals surface area contributed by atoms with Crippen molar-refractivity contribution in [1.29, 1.82) is 0 Å². The van der Waals surface area contributed by atoms with Crippen LogP contribution in [0.15, 0.2) is 66.4 Å². The lowest BCUT2D eigenvalue weighted by Crippen LogP contribution is -2.25. The van der Waals surface area contributed by atoms with Gasteiger partial charge in [-0.15, -0.1) is 0 Å². The monoisotopic (exact) mass is 351 g/mol. The molecule has 0 atom stereocenters. The van der Waals surface area contributed by atoms with Crippen molar-refractivity contribution < 1.29 is 14.0 Å². The number of ketones is 1. The van der Waals surface area contributed by atoms with E-state index < -0.39 is 0 Å². The van der Waals surface area contributed by atoms with Crippen LogP contribution in [-0.4, -0.2) is 11.7 Å². The van der Waals surface area contributed by atoms with Crippen LogP contribution in [0.4, 0.5) is 4.39 Å². The average Bonchev–Trinajstić information content (AvgIpc) is 2.66. The predicted octanol–water partition coefficient (Wildman–Crippen LogP) is 4.76. The van der Waals surface area contributed by atoms with Gasteiger partial charge in [-0.1, -0.05) is 55.8 Å². The molecular weight excluding hydrogens is 329 g/mol. The third kappa shape index (κ3) is 6.48. The van der Waals surface area contributed by atoms with Crippen LogP contribution in [0.2, 0.25) is 0 Å². The Kier molecular flexibility index (Phi) is 7.49. The van der Waals surface area contributed by atoms with E-state index in [1.165, 1.54) is 18.2 Å². The van der Waals surface area contributed by atoms with Gasteiger partial charge >= 0.3 is 0 Å². The van der Waals surface area contributed by atoms with Gasteiger partial charge in [-0.3, -0.25) is 9.59 Å². The molecule has 0 saturated heterocycles. The summed E-state index contributed by atoms with van der Waals surface area (Å²) < 4.78 is 13.1. The van der Waals surface area contributed by atoms with E-state index in [0.29, 0.717) is 12.0 Å². The van der Waals surface area contributed by atoms with E-state index in [4.69, 9.17) is 0 Å². The number of halogens is 1. The van der Waals surface area contributed by atoms with E-state index >= 15 is 0 Å². The second-order valence-electron chi connectivity index (χ2n) is 5.87. The Morgan fingerprint density at radius 2 is 1.69 bits per heavy atom. The second-order valence-corrected chi connectivity index (χ2v) is 5.87. The Balaban J connectivity index is 2.15. The minimum atomic E-state index is -0.382. The molecule has 134 valence electrons. The molecule has 0 bridgehead atoms. The molecule has 0 aliphatic carbocycles. The zero-order valence-electron chi connectivity index (χ0n) is 14.7. The van der Waals surface area contributed by atoms with Crippen LogP contribution in [0.3, 0.4) is 0 Å². The molecule has 2 aromatic carbocycles. The molecule has 0 heterocycles. The van der Waals surface area contributed by atoms with Gasteiger partial charge in [0, 0.05) is 12.5 Å². The molecule has 0 aliphatic rings. The smallest absolute Gasteiger partial charge is 0.248 e. The van der Waals surface area contributed by atoms with Crippen molar-refractivity contribution in [3.8, 4) is 0 Å². The number of carbonyl (C=O) groups is 2. The quantitative estimate of drug-likeness (QED) is 0.697. The van der Waals surface area contributed by atoms with Crippen LogP contribution in [0.25, 0.3) is 12.2 Å². The van der Waals surface area contributed by atoms with Crippen molar-refractivity contribution >= 4 is 23.8 Å². The average molecular weight is 351 g/mol. The highest BCUT2D eigenvalue weighted by atomic mass is 19.1. The molecular formula is C22H22FNO2. The molecule has 0 aromatic heterocycles. The fourth-order valence-corrected chi connectivity index (χ4v) is 2.29. The summed E-state index contributed by atoms with van der Waals surface area (Å²) in [7, 11) is 0. The van der Waals surface area contributed by atoms with Crippen molar-refractivity contribution in [2.24, 2.45) is 0 Å². The summed E-state index contributed by atoms with van der Waals surface area (Å²) in [6, 6.07) is 15.2. The lowest BCUT2D eigenvalue weighted by Gasteiger charge is -2.08. The fraction of sp³-hybridized carbons (Fsp3) is 0.182. The first-order valence-corrected chi connectivity index (χ1v) is 8.63. The maximum Gasteiger partial charge on any atom is 0.248 e. The first kappa shape index (κ1) is 19.3. The van der Waals surface area contributed by atoms with Crippen LogP contribution in [0.5, 0.6) is 0 Å². The molecule has 0 unspecified atom stereocenters. The zero-order valence-corrected chi connectivity index (χ0v) is 14.7. The number of carbonyl (C=O) groups excluding carboxylic acids is 2. The van der Waals surface area contributed by atoms with Crippen molar-refractivity contribution in [3.05, 3.63) is 83.3 Å². The number of unbranched alkanes of at least 4 members (excludes halogenated alkanes) is 1. The summed E-state index contributed by atoms with van der Waals surface area (Å²) in [5, 5.41) is 2.65. The molecule has 2 aromatic rings. The standard InChI is InChI=1S/C22H22FNO2/c1-2-3-9-21(25)20(16-18-10-13-19(23)14-11-18)24-22(26)15-12-17-7-5-4-6-8-17/h4-8,10-16H,2-3,9H2,1H3,(H,24,26)/b15-12+,20-16-. The van der Waals surface area contributed by atoms with Crippen LogP contribution in [0.1, 0.15) is 37.3 Å². The Hall–Kier alpha value is -3.01. The largest absolute Gasteiger partial charge is 0.319 e. The van der Waals surface area contributed by atoms with Crippen LogP contribution >= 0.6 is 0 Å². The van der Waals surface area contributed by atoms with Gasteiger partial charge in [-0.05, 0) is 41.8 Å². The summed E-state index contributed by atoms with van der Waals surface area (Å²) in [5.74, 6) is -0.875. The second kappa shape index (κ2) is 10.1. The first-order valence-electron chi connectivity index (χ1n) is 8.63. The van der Waals surface area contributed by atoms with Crippen molar-refractivity contribution in [2.45, 2.75) is 26.2 Å². The Morgan fingerprint density at radius 3 is 2.35 bits per heavy atom. The molecule has 3 nitrogen and oxygen atoms in total. The van der Waals surface area contributed by atoms with Crippen LogP contribution < -0.4 is 5.32 Å². The summed E-state index contributed by atoms with van der Waals surface area (Å²) >= 11 is 0. The highest BCUT2D eigenvalue weighted by Crippen LogP contribution is 2.11. The molecule has 4 heteroatoms. The zero-order chi connectivity index (χ0) is 18.8. The third-order valence-corrected chi connectivity index (χ3v) is 3.72. The molecule has 0 saturated carbocycles. The molecule has 1 amide bonds. The number of hydrogen-bond donors (Lipinski definition) is 1. The maximum absolute atomic E-state index is 13.1. The van der Waals surface area contributed by atoms with E-state index in [2.05, 4.69) is 5.32 Å². The van der Waals surface area contributed by atoms with Crippen LogP contribution in [-0.2, 0) is 9.59 Å². The normalized spacial score (nSPS) is 11.5. The summed E-state index contributed by atoms with van der Waals surface area (Å²) in [5.41, 5.74) is 1.76. The molecule has 0 aliphatic heterocycles. The highest BCUT2D eigenvalue weighted by molar-refractivity contribution is 6.05. The summed E-state index contributed by atoms with van der Waals surface area (Å²) in [4.78, 5) is 24.6. The Labute approximate surface area is 153 Å². The predicted molar refractivity (Wildman–Crippen MR) is 103 cm³/mol. The maximum atomic E-state index is 13.1. The van der Waals surface area contributed by atoms with E-state index in [9.17, 15) is 14.0 Å². The van der Waals surface area contributed by atoms with Gasteiger partial charge in [0.05, 0.1) is 5.70 Å². The van der Waals surface area contributed by atoms with Crippen LogP contribution in [0, 0.1) is 5.82 Å². The van der Waals surface area contributed by atoms with Gasteiger partial charge in [0.15, 0.2) is 5.78 Å². The van der Waals surface area contributed by atoms with Gasteiger partial charge in [-0.2, -0.15) is 0 Å². The summed E-state index contributed by atoms with van der Waals surface area (Å²) in [6.45, 7) is 2.00. The lowest BCUT2D eigenvalue weighted by atomic mass is 10.1. The Bertz CT molecular complexity index is 793. The van der Waals surface area contributed by atoms with E-state index in [-0.39, 0.29) is 23.2 Å². The molecule has 0 radical (unpaired) electrons. The van der Waals surface area contributed by atoms with Gasteiger partial charge in [0.2, 0.25) is 5.91 Å². The molecule has 0 spiro atoms. The van der Waals surface area contributed by atoms with Gasteiger partial charge in [0.1, 0.15) is 5.82 Å². The first-order chi connectivity index (χ1) is 12.6. The van der Waals surface area contributed by atoms with E-state index in [1.54, 1.807) is 24.3 Å². The number of amides is 1. The SMILES string of the molecule is CCCCC(=O)/C(=C/c1ccc(F)cc1)NC(=O)/C=C/c1ccccc1. The van der Waals surface area contributed by atoms with E-state index in [1.807, 2.05) is 37.3 Å². The number of nitrogens with one attached hydrogen (secondary N) is 1. The van der Waals surface area contributed by atoms with Crippen molar-refractivity contribution in [2.75, 3.05) is 0 Å². The number of rotatable bonds is 8. The summed E-state index contributed by atoms with van der Waals surface area (Å²) in [6.07, 6.45) is 6.63. The van der Waals surface area contributed by atoms with Gasteiger partial charge in [0.25, 0.3) is 0 Å².